The molecule has 2 aromatic carbocycles. The minimum absolute atomic E-state index is 0.0184. The highest BCUT2D eigenvalue weighted by atomic mass is 16.8. The second kappa shape index (κ2) is 12.3. The first kappa shape index (κ1) is 30.4. The third-order valence-electron chi connectivity index (χ3n) is 7.64. The molecule has 2 fully saturated rings. The van der Waals surface area contributed by atoms with Crippen LogP contribution in [0.25, 0.3) is 0 Å². The van der Waals surface area contributed by atoms with Crippen molar-refractivity contribution in [2.24, 2.45) is 0 Å². The molecule has 3 aliphatic heterocycles. The van der Waals surface area contributed by atoms with Crippen LogP contribution in [0.1, 0.15) is 35.4 Å². The third kappa shape index (κ3) is 5.77. The van der Waals surface area contributed by atoms with Crippen molar-refractivity contribution in [3.8, 4) is 23.0 Å². The maximum atomic E-state index is 12.9. The Kier molecular flexibility index (Phi) is 8.89. The van der Waals surface area contributed by atoms with Gasteiger partial charge in [0.1, 0.15) is 71.3 Å². The Hall–Kier alpha value is -3.05. The summed E-state index contributed by atoms with van der Waals surface area (Å²) in [7, 11) is 1.53. The van der Waals surface area contributed by atoms with E-state index in [0.717, 1.165) is 6.07 Å². The van der Waals surface area contributed by atoms with Crippen LogP contribution in [0, 0.1) is 0 Å². The van der Waals surface area contributed by atoms with E-state index in [-0.39, 0.29) is 29.3 Å². The van der Waals surface area contributed by atoms with Gasteiger partial charge in [0, 0.05) is 12.1 Å². The van der Waals surface area contributed by atoms with Crippen molar-refractivity contribution in [1.29, 1.82) is 0 Å². The minimum Gasteiger partial charge on any atom is -0.507 e. The fourth-order valence-electron chi connectivity index (χ4n) is 5.20. The standard InChI is InChI=1S/C28H34O14/c1-11-21(32)24(35)26(42-27-25(36)23(34)22(33)19(10-29)41-27)28(38-11)39-14-7-15(30)20-16(31)9-17(40-18(20)8-14)12-3-5-13(37-2)6-4-12/h3-8,11,17,19,21-30,32-36H,9-10H2,1-2H3. The van der Waals surface area contributed by atoms with Crippen LogP contribution >= 0.6 is 0 Å². The first-order chi connectivity index (χ1) is 20.0. The number of hydrogen-bond acceptors (Lipinski definition) is 14. The number of ether oxygens (including phenoxy) is 6. The number of carbonyl (C=O) groups excluding carboxylic acids is 1. The molecule has 11 atom stereocenters. The van der Waals surface area contributed by atoms with Crippen molar-refractivity contribution >= 4 is 5.78 Å². The first-order valence-electron chi connectivity index (χ1n) is 13.4. The zero-order valence-electron chi connectivity index (χ0n) is 22.7. The summed E-state index contributed by atoms with van der Waals surface area (Å²) >= 11 is 0. The third-order valence-corrected chi connectivity index (χ3v) is 7.64. The molecule has 42 heavy (non-hydrogen) atoms. The van der Waals surface area contributed by atoms with E-state index in [0.29, 0.717) is 11.3 Å². The van der Waals surface area contributed by atoms with Crippen molar-refractivity contribution in [3.05, 3.63) is 47.5 Å². The van der Waals surface area contributed by atoms with E-state index in [1.54, 1.807) is 24.3 Å². The normalized spacial score (nSPS) is 36.6. The maximum Gasteiger partial charge on any atom is 0.229 e. The number of methoxy groups -OCH3 is 1. The summed E-state index contributed by atoms with van der Waals surface area (Å²) in [4.78, 5) is 12.9. The number of fused-ring (bicyclic) bond motifs is 1. The van der Waals surface area contributed by atoms with Gasteiger partial charge in [-0.25, -0.2) is 0 Å². The molecule has 2 aromatic rings. The summed E-state index contributed by atoms with van der Waals surface area (Å²) in [5.74, 6) is -0.151. The van der Waals surface area contributed by atoms with E-state index in [9.17, 15) is 40.5 Å². The van der Waals surface area contributed by atoms with Gasteiger partial charge in [0.15, 0.2) is 18.2 Å². The summed E-state index contributed by atoms with van der Waals surface area (Å²) in [6.07, 6.45) is -15.9. The lowest BCUT2D eigenvalue weighted by Gasteiger charge is -2.45. The Balaban J connectivity index is 1.39. The average molecular weight is 595 g/mol. The lowest BCUT2D eigenvalue weighted by atomic mass is 9.95. The molecule has 0 bridgehead atoms. The second-order valence-corrected chi connectivity index (χ2v) is 10.4. The van der Waals surface area contributed by atoms with Gasteiger partial charge in [-0.05, 0) is 24.6 Å². The van der Waals surface area contributed by atoms with Gasteiger partial charge in [-0.2, -0.15) is 0 Å². The molecule has 3 heterocycles. The van der Waals surface area contributed by atoms with E-state index in [4.69, 9.17) is 28.4 Å². The molecular weight excluding hydrogens is 560 g/mol. The molecule has 7 N–H and O–H groups in total. The van der Waals surface area contributed by atoms with Crippen LogP contribution < -0.4 is 14.2 Å². The van der Waals surface area contributed by atoms with E-state index in [1.807, 2.05) is 0 Å². The predicted molar refractivity (Wildman–Crippen MR) is 139 cm³/mol. The molecule has 0 saturated carbocycles. The van der Waals surface area contributed by atoms with Crippen LogP contribution in [0.5, 0.6) is 23.0 Å². The molecule has 14 heteroatoms. The number of phenolic OH excluding ortho intramolecular Hbond substituents is 1. The number of aliphatic hydroxyl groups excluding tert-OH is 6. The molecule has 2 saturated heterocycles. The summed E-state index contributed by atoms with van der Waals surface area (Å²) in [6.45, 7) is 0.763. The fourth-order valence-corrected chi connectivity index (χ4v) is 5.20. The highest BCUT2D eigenvalue weighted by molar-refractivity contribution is 6.02. The highest BCUT2D eigenvalue weighted by Gasteiger charge is 2.50. The number of hydrogen-bond donors (Lipinski definition) is 7. The van der Waals surface area contributed by atoms with E-state index >= 15 is 0 Å². The van der Waals surface area contributed by atoms with Crippen LogP contribution in [0.2, 0.25) is 0 Å². The molecule has 230 valence electrons. The zero-order chi connectivity index (χ0) is 30.3. The summed E-state index contributed by atoms with van der Waals surface area (Å²) in [6, 6.07) is 9.49. The van der Waals surface area contributed by atoms with Crippen molar-refractivity contribution in [2.75, 3.05) is 13.7 Å². The number of benzene rings is 2. The molecule has 5 rings (SSSR count). The Morgan fingerprint density at radius 3 is 2.26 bits per heavy atom. The van der Waals surface area contributed by atoms with Crippen molar-refractivity contribution < 1.29 is 69.0 Å². The summed E-state index contributed by atoms with van der Waals surface area (Å²) in [5.41, 5.74) is 0.671. The lowest BCUT2D eigenvalue weighted by molar-refractivity contribution is -0.355. The number of aromatic hydroxyl groups is 1. The second-order valence-electron chi connectivity index (χ2n) is 10.4. The van der Waals surface area contributed by atoms with Crippen LogP contribution in [-0.2, 0) is 14.2 Å². The number of ketones is 1. The van der Waals surface area contributed by atoms with Gasteiger partial charge in [0.25, 0.3) is 0 Å². The van der Waals surface area contributed by atoms with Gasteiger partial charge in [0.2, 0.25) is 6.29 Å². The summed E-state index contributed by atoms with van der Waals surface area (Å²) in [5, 5.41) is 72.1. The van der Waals surface area contributed by atoms with E-state index in [2.05, 4.69) is 0 Å². The molecular formula is C28H34O14. The average Bonchev–Trinajstić information content (AvgIpc) is 2.97. The lowest BCUT2D eigenvalue weighted by Crippen LogP contribution is -2.64. The monoisotopic (exact) mass is 594 g/mol. The van der Waals surface area contributed by atoms with E-state index < -0.39 is 79.9 Å². The predicted octanol–water partition coefficient (Wildman–Crippen LogP) is -0.862. The van der Waals surface area contributed by atoms with Gasteiger partial charge >= 0.3 is 0 Å². The van der Waals surface area contributed by atoms with Gasteiger partial charge < -0.3 is 64.2 Å². The largest absolute Gasteiger partial charge is 0.507 e. The molecule has 0 spiro atoms. The van der Waals surface area contributed by atoms with Gasteiger partial charge in [-0.1, -0.05) is 12.1 Å². The van der Waals surface area contributed by atoms with Gasteiger partial charge in [-0.3, -0.25) is 4.79 Å². The first-order valence-corrected chi connectivity index (χ1v) is 13.4. The number of carbonyl (C=O) groups is 1. The molecule has 3 aliphatic rings. The quantitative estimate of drug-likeness (QED) is 0.208. The van der Waals surface area contributed by atoms with Crippen molar-refractivity contribution in [1.82, 2.24) is 0 Å². The topological polar surface area (TPSA) is 214 Å². The Morgan fingerprint density at radius 1 is 0.881 bits per heavy atom. The highest BCUT2D eigenvalue weighted by Crippen LogP contribution is 2.43. The van der Waals surface area contributed by atoms with Crippen LogP contribution in [0.15, 0.2) is 36.4 Å². The Labute approximate surface area is 240 Å². The number of aliphatic hydroxyl groups is 6. The molecule has 0 aromatic heterocycles. The molecule has 11 unspecified atom stereocenters. The number of phenols is 1. The van der Waals surface area contributed by atoms with Crippen LogP contribution in [0.3, 0.4) is 0 Å². The van der Waals surface area contributed by atoms with E-state index in [1.165, 1.54) is 20.1 Å². The van der Waals surface area contributed by atoms with Crippen molar-refractivity contribution in [3.63, 3.8) is 0 Å². The SMILES string of the molecule is COc1ccc(C2CC(=O)c3c(O)cc(OC4OC(C)C(O)C(O)C4OC4OC(CO)C(O)C(O)C4O)cc3O2)cc1. The molecule has 14 nitrogen and oxygen atoms in total. The van der Waals surface area contributed by atoms with Crippen LogP contribution in [0.4, 0.5) is 0 Å². The smallest absolute Gasteiger partial charge is 0.229 e. The Bertz CT molecular complexity index is 1250. The van der Waals surface area contributed by atoms with Gasteiger partial charge in [-0.15, -0.1) is 0 Å². The zero-order valence-corrected chi connectivity index (χ0v) is 22.7. The fraction of sp³-hybridized carbons (Fsp3) is 0.536. The number of rotatable bonds is 7. The summed E-state index contributed by atoms with van der Waals surface area (Å²) < 4.78 is 33.9. The minimum atomic E-state index is -1.80. The molecule has 0 aliphatic carbocycles. The molecule has 0 radical (unpaired) electrons. The number of Topliss-reactive ketones (excluding diaryl/α,β-unsaturated/α-hetero) is 1. The van der Waals surface area contributed by atoms with Gasteiger partial charge in [0.05, 0.1) is 26.2 Å². The van der Waals surface area contributed by atoms with Crippen molar-refractivity contribution in [2.45, 2.75) is 80.9 Å². The Morgan fingerprint density at radius 2 is 1.60 bits per heavy atom. The molecule has 0 amide bonds. The van der Waals surface area contributed by atoms with Crippen LogP contribution in [-0.4, -0.2) is 117 Å². The maximum absolute atomic E-state index is 12.9.